The fourth-order valence-electron chi connectivity index (χ4n) is 2.81. The molecule has 0 bridgehead atoms. The molecule has 1 heterocycles. The monoisotopic (exact) mass is 380 g/mol. The zero-order valence-corrected chi connectivity index (χ0v) is 13.8. The van der Waals surface area contributed by atoms with Gasteiger partial charge in [-0.2, -0.15) is 13.2 Å². The van der Waals surface area contributed by atoms with Crippen molar-refractivity contribution in [1.29, 1.82) is 0 Å². The molecule has 1 aromatic carbocycles. The molecule has 0 amide bonds. The number of halogens is 4. The minimum absolute atomic E-state index is 0.0444. The highest BCUT2D eigenvalue weighted by atomic mass is 79.9. The molecule has 2 N–H and O–H groups in total. The van der Waals surface area contributed by atoms with Crippen LogP contribution in [0.2, 0.25) is 0 Å². The summed E-state index contributed by atoms with van der Waals surface area (Å²) in [5.74, 6) is 0. The highest BCUT2D eigenvalue weighted by molar-refractivity contribution is 9.10. The largest absolute Gasteiger partial charge is 0.416 e. The maximum absolute atomic E-state index is 13.0. The molecule has 1 aliphatic heterocycles. The number of piperazine rings is 1. The van der Waals surface area contributed by atoms with E-state index in [1.807, 2.05) is 0 Å². The first-order valence-electron chi connectivity index (χ1n) is 7.35. The smallest absolute Gasteiger partial charge is 0.396 e. The van der Waals surface area contributed by atoms with Crippen LogP contribution in [0.1, 0.15) is 30.0 Å². The molecule has 2 rings (SSSR count). The summed E-state index contributed by atoms with van der Waals surface area (Å²) in [6.07, 6.45) is -3.14. The van der Waals surface area contributed by atoms with Crippen molar-refractivity contribution in [2.45, 2.75) is 25.1 Å². The predicted molar refractivity (Wildman–Crippen MR) is 82.6 cm³/mol. The van der Waals surface area contributed by atoms with E-state index >= 15 is 0 Å². The van der Waals surface area contributed by atoms with Gasteiger partial charge in [0.25, 0.3) is 0 Å². The zero-order valence-electron chi connectivity index (χ0n) is 12.2. The second kappa shape index (κ2) is 7.77. The van der Waals surface area contributed by atoms with Crippen molar-refractivity contribution in [3.63, 3.8) is 0 Å². The van der Waals surface area contributed by atoms with Gasteiger partial charge in [0.1, 0.15) is 0 Å². The number of hydrogen-bond donors (Lipinski definition) is 2. The number of aliphatic hydroxyl groups excluding tert-OH is 1. The van der Waals surface area contributed by atoms with E-state index in [2.05, 4.69) is 26.1 Å². The molecule has 1 fully saturated rings. The average Bonchev–Trinajstić information content (AvgIpc) is 2.47. The Hall–Kier alpha value is -0.630. The number of aliphatic hydroxyl groups is 1. The molecule has 0 aliphatic carbocycles. The number of hydrogen-bond acceptors (Lipinski definition) is 3. The minimum Gasteiger partial charge on any atom is -0.396 e. The van der Waals surface area contributed by atoms with E-state index in [9.17, 15) is 13.2 Å². The van der Waals surface area contributed by atoms with Gasteiger partial charge in [-0.15, -0.1) is 0 Å². The van der Waals surface area contributed by atoms with Crippen molar-refractivity contribution in [2.24, 2.45) is 0 Å². The van der Waals surface area contributed by atoms with Crippen LogP contribution in [0.15, 0.2) is 22.7 Å². The van der Waals surface area contributed by atoms with Gasteiger partial charge in [-0.25, -0.2) is 0 Å². The summed E-state index contributed by atoms with van der Waals surface area (Å²) in [5.41, 5.74) is 0.0121. The van der Waals surface area contributed by atoms with Gasteiger partial charge < -0.3 is 10.4 Å². The Morgan fingerprint density at radius 2 is 1.91 bits per heavy atom. The average molecular weight is 381 g/mol. The number of benzene rings is 1. The molecule has 0 radical (unpaired) electrons. The molecule has 124 valence electrons. The highest BCUT2D eigenvalue weighted by Gasteiger charge is 2.32. The SMILES string of the molecule is OCCC[C@@H](c1cc(Br)cc(C(F)(F)F)c1)N1CCNCC1. The van der Waals surface area contributed by atoms with E-state index in [0.717, 1.165) is 32.2 Å². The normalized spacial score (nSPS) is 18.4. The van der Waals surface area contributed by atoms with Gasteiger partial charge >= 0.3 is 6.18 Å². The van der Waals surface area contributed by atoms with E-state index in [1.54, 1.807) is 6.07 Å². The third-order valence-corrected chi connectivity index (χ3v) is 4.32. The topological polar surface area (TPSA) is 35.5 Å². The van der Waals surface area contributed by atoms with Crippen LogP contribution in [0.5, 0.6) is 0 Å². The first-order valence-corrected chi connectivity index (χ1v) is 8.14. The summed E-state index contributed by atoms with van der Waals surface area (Å²) in [6.45, 7) is 3.29. The molecule has 1 aromatic rings. The van der Waals surface area contributed by atoms with Crippen LogP contribution in [0.25, 0.3) is 0 Å². The van der Waals surface area contributed by atoms with Gasteiger partial charge in [0.2, 0.25) is 0 Å². The van der Waals surface area contributed by atoms with E-state index in [4.69, 9.17) is 5.11 Å². The van der Waals surface area contributed by atoms with E-state index in [0.29, 0.717) is 22.9 Å². The highest BCUT2D eigenvalue weighted by Crippen LogP contribution is 2.35. The Morgan fingerprint density at radius 1 is 1.23 bits per heavy atom. The van der Waals surface area contributed by atoms with Crippen LogP contribution in [-0.4, -0.2) is 42.8 Å². The van der Waals surface area contributed by atoms with Crippen LogP contribution < -0.4 is 5.32 Å². The van der Waals surface area contributed by atoms with Crippen molar-refractivity contribution in [3.8, 4) is 0 Å². The van der Waals surface area contributed by atoms with Crippen LogP contribution in [-0.2, 0) is 6.18 Å². The maximum atomic E-state index is 13.0. The van der Waals surface area contributed by atoms with Crippen molar-refractivity contribution >= 4 is 15.9 Å². The molecule has 1 atom stereocenters. The Morgan fingerprint density at radius 3 is 2.50 bits per heavy atom. The molecule has 0 aromatic heterocycles. The summed E-state index contributed by atoms with van der Waals surface area (Å²) in [7, 11) is 0. The summed E-state index contributed by atoms with van der Waals surface area (Å²) < 4.78 is 39.5. The van der Waals surface area contributed by atoms with Gasteiger partial charge in [0.15, 0.2) is 0 Å². The molecule has 1 saturated heterocycles. The molecule has 0 spiro atoms. The molecule has 0 saturated carbocycles. The molecule has 1 aliphatic rings. The number of nitrogens with one attached hydrogen (secondary N) is 1. The first-order chi connectivity index (χ1) is 10.4. The Bertz CT molecular complexity index is 490. The third kappa shape index (κ3) is 4.68. The second-order valence-electron chi connectivity index (χ2n) is 5.44. The Kier molecular flexibility index (Phi) is 6.26. The lowest BCUT2D eigenvalue weighted by Crippen LogP contribution is -2.45. The van der Waals surface area contributed by atoms with Crippen LogP contribution >= 0.6 is 15.9 Å². The Labute approximate surface area is 136 Å². The first kappa shape index (κ1) is 17.7. The molecule has 3 nitrogen and oxygen atoms in total. The van der Waals surface area contributed by atoms with Crippen molar-refractivity contribution in [2.75, 3.05) is 32.8 Å². The molecular formula is C15H20BrF3N2O. The molecule has 22 heavy (non-hydrogen) atoms. The lowest BCUT2D eigenvalue weighted by molar-refractivity contribution is -0.137. The second-order valence-corrected chi connectivity index (χ2v) is 6.35. The van der Waals surface area contributed by atoms with E-state index in [-0.39, 0.29) is 12.6 Å². The summed E-state index contributed by atoms with van der Waals surface area (Å²) >= 11 is 3.19. The lowest BCUT2D eigenvalue weighted by Gasteiger charge is -2.35. The van der Waals surface area contributed by atoms with Gasteiger partial charge in [0.05, 0.1) is 5.56 Å². The fraction of sp³-hybridized carbons (Fsp3) is 0.600. The maximum Gasteiger partial charge on any atom is 0.416 e. The predicted octanol–water partition coefficient (Wildman–Crippen LogP) is 3.19. The third-order valence-electron chi connectivity index (χ3n) is 3.86. The Balaban J connectivity index is 2.31. The number of nitrogens with zero attached hydrogens (tertiary/aromatic N) is 1. The van der Waals surface area contributed by atoms with Crippen molar-refractivity contribution in [3.05, 3.63) is 33.8 Å². The number of alkyl halides is 3. The van der Waals surface area contributed by atoms with Gasteiger partial charge in [-0.3, -0.25) is 4.90 Å². The van der Waals surface area contributed by atoms with Gasteiger partial charge in [-0.05, 0) is 36.6 Å². The zero-order chi connectivity index (χ0) is 16.2. The molecular weight excluding hydrogens is 361 g/mol. The fourth-order valence-corrected chi connectivity index (χ4v) is 3.32. The van der Waals surface area contributed by atoms with Gasteiger partial charge in [-0.1, -0.05) is 15.9 Å². The number of rotatable bonds is 5. The van der Waals surface area contributed by atoms with Crippen LogP contribution in [0.3, 0.4) is 0 Å². The van der Waals surface area contributed by atoms with Crippen molar-refractivity contribution in [1.82, 2.24) is 10.2 Å². The van der Waals surface area contributed by atoms with Crippen molar-refractivity contribution < 1.29 is 18.3 Å². The van der Waals surface area contributed by atoms with E-state index in [1.165, 1.54) is 6.07 Å². The summed E-state index contributed by atoms with van der Waals surface area (Å²) in [4.78, 5) is 2.19. The summed E-state index contributed by atoms with van der Waals surface area (Å²) in [6, 6.07) is 3.98. The lowest BCUT2D eigenvalue weighted by atomic mass is 9.97. The standard InChI is InChI=1S/C15H20BrF3N2O/c16-13-9-11(8-12(10-13)15(17,18)19)14(2-1-7-22)21-5-3-20-4-6-21/h8-10,14,20,22H,1-7H2/t14-/m0/s1. The van der Waals surface area contributed by atoms with Gasteiger partial charge in [0, 0.05) is 43.3 Å². The molecule has 7 heteroatoms. The van der Waals surface area contributed by atoms with E-state index < -0.39 is 11.7 Å². The summed E-state index contributed by atoms with van der Waals surface area (Å²) in [5, 5.41) is 12.3. The minimum atomic E-state index is -4.36. The quantitative estimate of drug-likeness (QED) is 0.823. The molecule has 0 unspecified atom stereocenters. The van der Waals surface area contributed by atoms with Crippen LogP contribution in [0.4, 0.5) is 13.2 Å². The van der Waals surface area contributed by atoms with Crippen LogP contribution in [0, 0.1) is 0 Å².